The summed E-state index contributed by atoms with van der Waals surface area (Å²) in [6.07, 6.45) is 0.105. The van der Waals surface area contributed by atoms with Crippen LogP contribution in [0.25, 0.3) is 11.1 Å². The van der Waals surface area contributed by atoms with Gasteiger partial charge in [-0.15, -0.1) is 0 Å². The highest BCUT2D eigenvalue weighted by atomic mass is 32.2. The van der Waals surface area contributed by atoms with Crippen LogP contribution in [-0.4, -0.2) is 29.2 Å². The molecule has 0 unspecified atom stereocenters. The highest BCUT2D eigenvalue weighted by Gasteiger charge is 2.43. The Morgan fingerprint density at radius 3 is 2.38 bits per heavy atom. The SMILES string of the molecule is Cc1cc(-c2c(C)nn(C)c2O)c(C)c2c1S(=O)(=O)C(=C=O)CC2(C)C. The van der Waals surface area contributed by atoms with Gasteiger partial charge >= 0.3 is 0 Å². The monoisotopic (exact) mass is 374 g/mol. The van der Waals surface area contributed by atoms with Gasteiger partial charge in [0.2, 0.25) is 15.7 Å². The zero-order valence-corrected chi connectivity index (χ0v) is 16.6. The average molecular weight is 374 g/mol. The second kappa shape index (κ2) is 5.56. The summed E-state index contributed by atoms with van der Waals surface area (Å²) >= 11 is 0. The number of fused-ring (bicyclic) bond motifs is 1. The fourth-order valence-corrected chi connectivity index (χ4v) is 6.16. The number of aryl methyl sites for hydroxylation is 3. The fraction of sp³-hybridized carbons (Fsp3) is 0.421. The summed E-state index contributed by atoms with van der Waals surface area (Å²) in [5.74, 6) is 1.67. The molecular weight excluding hydrogens is 352 g/mol. The lowest BCUT2D eigenvalue weighted by molar-refractivity contribution is 0.420. The van der Waals surface area contributed by atoms with Crippen LogP contribution in [0.5, 0.6) is 5.88 Å². The standard InChI is InChI=1S/C19H22N2O4S/c1-10-7-14(15-12(3)20-21(6)18(15)23)11(2)16-17(10)26(24,25)13(9-22)8-19(16,4)5/h7,23H,8H2,1-6H3. The minimum absolute atomic E-state index is 0.0369. The van der Waals surface area contributed by atoms with Crippen molar-refractivity contribution in [2.75, 3.05) is 0 Å². The first kappa shape index (κ1) is 18.4. The predicted octanol–water partition coefficient (Wildman–Crippen LogP) is 2.89. The van der Waals surface area contributed by atoms with Crippen molar-refractivity contribution in [3.63, 3.8) is 0 Å². The molecule has 0 spiro atoms. The van der Waals surface area contributed by atoms with E-state index in [0.717, 1.165) is 11.1 Å². The van der Waals surface area contributed by atoms with E-state index >= 15 is 0 Å². The van der Waals surface area contributed by atoms with Gasteiger partial charge in [-0.3, -0.25) is 0 Å². The van der Waals surface area contributed by atoms with Gasteiger partial charge in [-0.1, -0.05) is 13.8 Å². The summed E-state index contributed by atoms with van der Waals surface area (Å²) in [6.45, 7) is 9.21. The van der Waals surface area contributed by atoms with Crippen molar-refractivity contribution in [3.05, 3.63) is 33.4 Å². The largest absolute Gasteiger partial charge is 0.493 e. The Kier molecular flexibility index (Phi) is 3.94. The molecule has 6 nitrogen and oxygen atoms in total. The molecule has 1 aromatic carbocycles. The van der Waals surface area contributed by atoms with Crippen molar-refractivity contribution >= 4 is 15.8 Å². The molecule has 7 heteroatoms. The second-order valence-electron chi connectivity index (χ2n) is 7.57. The molecule has 1 aliphatic rings. The third-order valence-corrected chi connectivity index (χ3v) is 7.11. The lowest BCUT2D eigenvalue weighted by atomic mass is 9.76. The van der Waals surface area contributed by atoms with Crippen molar-refractivity contribution < 1.29 is 18.3 Å². The fourth-order valence-electron chi connectivity index (χ4n) is 4.07. The van der Waals surface area contributed by atoms with Crippen LogP contribution in [-0.2, 0) is 27.1 Å². The van der Waals surface area contributed by atoms with Crippen LogP contribution in [0.1, 0.15) is 42.7 Å². The number of carbonyl (C=O) groups excluding carboxylic acids is 1. The number of aromatic hydroxyl groups is 1. The highest BCUT2D eigenvalue weighted by Crippen LogP contribution is 2.49. The minimum atomic E-state index is -3.86. The van der Waals surface area contributed by atoms with Crippen LogP contribution in [0.3, 0.4) is 0 Å². The molecule has 26 heavy (non-hydrogen) atoms. The van der Waals surface area contributed by atoms with Crippen molar-refractivity contribution in [1.29, 1.82) is 0 Å². The number of hydrogen-bond acceptors (Lipinski definition) is 5. The van der Waals surface area contributed by atoms with Crippen molar-refractivity contribution in [1.82, 2.24) is 9.78 Å². The van der Waals surface area contributed by atoms with E-state index in [1.54, 1.807) is 32.9 Å². The van der Waals surface area contributed by atoms with Crippen LogP contribution in [0.2, 0.25) is 0 Å². The third kappa shape index (κ3) is 2.35. The summed E-state index contributed by atoms with van der Waals surface area (Å²) < 4.78 is 27.2. The molecule has 0 atom stereocenters. The lowest BCUT2D eigenvalue weighted by Crippen LogP contribution is -2.31. The number of allylic oxidation sites excluding steroid dienone is 1. The topological polar surface area (TPSA) is 89.3 Å². The molecule has 1 aliphatic heterocycles. The van der Waals surface area contributed by atoms with E-state index in [2.05, 4.69) is 5.10 Å². The zero-order chi connectivity index (χ0) is 19.6. The van der Waals surface area contributed by atoms with Crippen LogP contribution in [0.15, 0.2) is 15.9 Å². The number of sulfone groups is 1. The van der Waals surface area contributed by atoms with E-state index in [9.17, 15) is 18.3 Å². The number of hydrogen-bond donors (Lipinski definition) is 1. The molecular formula is C19H22N2O4S. The van der Waals surface area contributed by atoms with Crippen molar-refractivity contribution in [3.8, 4) is 17.0 Å². The smallest absolute Gasteiger partial charge is 0.217 e. The molecule has 3 rings (SSSR count). The maximum Gasteiger partial charge on any atom is 0.217 e. The Morgan fingerprint density at radius 2 is 1.88 bits per heavy atom. The van der Waals surface area contributed by atoms with E-state index in [1.165, 1.54) is 4.68 Å². The van der Waals surface area contributed by atoms with Crippen LogP contribution < -0.4 is 0 Å². The molecule has 1 N–H and O–H groups in total. The Bertz CT molecular complexity index is 1100. The van der Waals surface area contributed by atoms with E-state index in [0.29, 0.717) is 22.4 Å². The first-order valence-corrected chi connectivity index (χ1v) is 9.78. The molecule has 2 heterocycles. The van der Waals surface area contributed by atoms with E-state index in [4.69, 9.17) is 0 Å². The normalized spacial score (nSPS) is 17.7. The molecule has 0 bridgehead atoms. The first-order chi connectivity index (χ1) is 11.9. The average Bonchev–Trinajstić information content (AvgIpc) is 2.78. The molecule has 0 radical (unpaired) electrons. The van der Waals surface area contributed by atoms with Crippen molar-refractivity contribution in [2.45, 2.75) is 51.3 Å². The van der Waals surface area contributed by atoms with Gasteiger partial charge in [-0.2, -0.15) is 5.10 Å². The molecule has 0 fully saturated rings. The number of rotatable bonds is 1. The van der Waals surface area contributed by atoms with Gasteiger partial charge in [0.05, 0.1) is 16.2 Å². The van der Waals surface area contributed by atoms with Crippen molar-refractivity contribution in [2.24, 2.45) is 7.05 Å². The minimum Gasteiger partial charge on any atom is -0.493 e. The van der Waals surface area contributed by atoms with Crippen LogP contribution in [0.4, 0.5) is 0 Å². The second-order valence-corrected chi connectivity index (χ2v) is 9.48. The number of aromatic nitrogens is 2. The number of benzene rings is 1. The molecule has 0 saturated carbocycles. The Morgan fingerprint density at radius 1 is 1.27 bits per heavy atom. The predicted molar refractivity (Wildman–Crippen MR) is 98.6 cm³/mol. The lowest BCUT2D eigenvalue weighted by Gasteiger charge is -2.35. The third-order valence-electron chi connectivity index (χ3n) is 5.17. The summed E-state index contributed by atoms with van der Waals surface area (Å²) in [4.78, 5) is 11.3. The van der Waals surface area contributed by atoms with Gasteiger partial charge in [-0.25, -0.2) is 17.9 Å². The maximum absolute atomic E-state index is 12.9. The number of nitrogens with zero attached hydrogens (tertiary/aromatic N) is 2. The van der Waals surface area contributed by atoms with Crippen LogP contribution in [0, 0.1) is 20.8 Å². The first-order valence-electron chi connectivity index (χ1n) is 8.30. The molecule has 1 aromatic heterocycles. The van der Waals surface area contributed by atoms with Crippen LogP contribution >= 0.6 is 0 Å². The zero-order valence-electron chi connectivity index (χ0n) is 15.8. The maximum atomic E-state index is 12.9. The van der Waals surface area contributed by atoms with E-state index in [-0.39, 0.29) is 22.1 Å². The van der Waals surface area contributed by atoms with E-state index in [1.807, 2.05) is 20.8 Å². The summed E-state index contributed by atoms with van der Waals surface area (Å²) in [5.41, 5.74) is 3.47. The molecule has 0 saturated heterocycles. The summed E-state index contributed by atoms with van der Waals surface area (Å²) in [6, 6.07) is 1.75. The van der Waals surface area contributed by atoms with Gasteiger partial charge in [0.1, 0.15) is 10.8 Å². The van der Waals surface area contributed by atoms with E-state index < -0.39 is 15.3 Å². The quantitative estimate of drug-likeness (QED) is 0.775. The van der Waals surface area contributed by atoms with Gasteiger partial charge in [-0.05, 0) is 54.5 Å². The summed E-state index contributed by atoms with van der Waals surface area (Å²) in [7, 11) is -2.21. The van der Waals surface area contributed by atoms with Gasteiger partial charge < -0.3 is 5.11 Å². The Hall–Kier alpha value is -2.37. The van der Waals surface area contributed by atoms with Gasteiger partial charge in [0.25, 0.3) is 0 Å². The van der Waals surface area contributed by atoms with Gasteiger partial charge in [0, 0.05) is 13.5 Å². The highest BCUT2D eigenvalue weighted by molar-refractivity contribution is 7.95. The summed E-state index contributed by atoms with van der Waals surface area (Å²) in [5, 5.41) is 14.7. The Balaban J connectivity index is 2.48. The Labute approximate surface area is 153 Å². The molecule has 2 aromatic rings. The molecule has 0 aliphatic carbocycles. The molecule has 0 amide bonds. The molecule has 138 valence electrons. The van der Waals surface area contributed by atoms with Gasteiger partial charge in [0.15, 0.2) is 0 Å².